The molecule has 1 fully saturated rings. The van der Waals surface area contributed by atoms with E-state index in [9.17, 15) is 4.79 Å². The van der Waals surface area contributed by atoms with Crippen molar-refractivity contribution < 1.29 is 4.79 Å². The van der Waals surface area contributed by atoms with E-state index in [-0.39, 0.29) is 5.54 Å². The van der Waals surface area contributed by atoms with E-state index in [0.717, 1.165) is 25.8 Å². The van der Waals surface area contributed by atoms with Crippen molar-refractivity contribution >= 4 is 6.29 Å². The minimum absolute atomic E-state index is 0.275. The minimum atomic E-state index is 0.275. The van der Waals surface area contributed by atoms with Crippen molar-refractivity contribution in [2.45, 2.75) is 39.2 Å². The van der Waals surface area contributed by atoms with E-state index in [4.69, 9.17) is 0 Å². The quantitative estimate of drug-likeness (QED) is 0.586. The topological polar surface area (TPSA) is 20.3 Å². The van der Waals surface area contributed by atoms with E-state index < -0.39 is 0 Å². The largest absolute Gasteiger partial charge is 0.303 e. The van der Waals surface area contributed by atoms with E-state index in [1.165, 1.54) is 6.42 Å². The van der Waals surface area contributed by atoms with Crippen molar-refractivity contribution in [1.82, 2.24) is 4.90 Å². The highest BCUT2D eigenvalue weighted by Gasteiger charge is 2.29. The van der Waals surface area contributed by atoms with Crippen LogP contribution in [0, 0.1) is 5.92 Å². The lowest BCUT2D eigenvalue weighted by Crippen LogP contribution is -2.39. The first-order valence-corrected chi connectivity index (χ1v) is 4.72. The smallest absolute Gasteiger partial charge is 0.120 e. The van der Waals surface area contributed by atoms with Crippen LogP contribution in [0.15, 0.2) is 0 Å². The van der Waals surface area contributed by atoms with Gasteiger partial charge >= 0.3 is 0 Å². The molecule has 1 atom stereocenters. The van der Waals surface area contributed by atoms with E-state index >= 15 is 0 Å². The van der Waals surface area contributed by atoms with Crippen LogP contribution in [0.2, 0.25) is 0 Å². The molecule has 0 spiro atoms. The number of aldehydes is 1. The fourth-order valence-electron chi connectivity index (χ4n) is 1.77. The second-order valence-corrected chi connectivity index (χ2v) is 4.67. The summed E-state index contributed by atoms with van der Waals surface area (Å²) in [6.07, 6.45) is 2.99. The summed E-state index contributed by atoms with van der Waals surface area (Å²) in [6, 6.07) is 0. The summed E-state index contributed by atoms with van der Waals surface area (Å²) < 4.78 is 0. The van der Waals surface area contributed by atoms with E-state index in [2.05, 4.69) is 25.7 Å². The molecule has 0 aromatic heterocycles. The van der Waals surface area contributed by atoms with Crippen LogP contribution in [-0.4, -0.2) is 29.8 Å². The molecule has 1 saturated heterocycles. The van der Waals surface area contributed by atoms with E-state index in [0.29, 0.717) is 5.92 Å². The Morgan fingerprint density at radius 2 is 2.17 bits per heavy atom. The van der Waals surface area contributed by atoms with Crippen LogP contribution >= 0.6 is 0 Å². The lowest BCUT2D eigenvalue weighted by molar-refractivity contribution is -0.108. The third-order valence-corrected chi connectivity index (χ3v) is 2.66. The molecule has 1 heterocycles. The maximum atomic E-state index is 10.3. The number of likely N-dealkylation sites (tertiary alicyclic amines) is 1. The summed E-state index contributed by atoms with van der Waals surface area (Å²) in [4.78, 5) is 12.8. The highest BCUT2D eigenvalue weighted by Crippen LogP contribution is 2.25. The van der Waals surface area contributed by atoms with Gasteiger partial charge in [-0.05, 0) is 39.7 Å². The van der Waals surface area contributed by atoms with Gasteiger partial charge in [-0.15, -0.1) is 0 Å². The fraction of sp³-hybridized carbons (Fsp3) is 0.900. The molecule has 0 aromatic carbocycles. The van der Waals surface area contributed by atoms with E-state index in [1.807, 2.05) is 0 Å². The number of rotatable bonds is 2. The second kappa shape index (κ2) is 3.56. The van der Waals surface area contributed by atoms with Crippen molar-refractivity contribution in [3.05, 3.63) is 0 Å². The van der Waals surface area contributed by atoms with Gasteiger partial charge in [0.15, 0.2) is 0 Å². The Morgan fingerprint density at radius 1 is 1.50 bits per heavy atom. The molecule has 70 valence electrons. The molecule has 0 radical (unpaired) electrons. The van der Waals surface area contributed by atoms with Gasteiger partial charge in [0, 0.05) is 18.5 Å². The van der Waals surface area contributed by atoms with E-state index in [1.54, 1.807) is 0 Å². The van der Waals surface area contributed by atoms with Gasteiger partial charge in [-0.25, -0.2) is 0 Å². The summed E-state index contributed by atoms with van der Waals surface area (Å²) in [5.74, 6) is 0.613. The molecule has 0 N–H and O–H groups in total. The van der Waals surface area contributed by atoms with Gasteiger partial charge in [0.25, 0.3) is 0 Å². The number of carbonyl (C=O) groups is 1. The zero-order valence-corrected chi connectivity index (χ0v) is 8.34. The summed E-state index contributed by atoms with van der Waals surface area (Å²) in [7, 11) is 0. The van der Waals surface area contributed by atoms with Gasteiger partial charge in [0.05, 0.1) is 0 Å². The first-order chi connectivity index (χ1) is 5.54. The molecule has 1 rings (SSSR count). The molecule has 1 aliphatic rings. The summed E-state index contributed by atoms with van der Waals surface area (Å²) in [6.45, 7) is 8.95. The van der Waals surface area contributed by atoms with Gasteiger partial charge in [-0.1, -0.05) is 0 Å². The molecule has 0 amide bonds. The van der Waals surface area contributed by atoms with Gasteiger partial charge < -0.3 is 4.79 Å². The lowest BCUT2D eigenvalue weighted by Gasteiger charge is -2.31. The fourth-order valence-corrected chi connectivity index (χ4v) is 1.77. The van der Waals surface area contributed by atoms with Crippen molar-refractivity contribution in [3.8, 4) is 0 Å². The zero-order chi connectivity index (χ0) is 9.19. The van der Waals surface area contributed by atoms with Gasteiger partial charge in [0.1, 0.15) is 6.29 Å². The monoisotopic (exact) mass is 169 g/mol. The highest BCUT2D eigenvalue weighted by atomic mass is 16.1. The zero-order valence-electron chi connectivity index (χ0n) is 8.34. The van der Waals surface area contributed by atoms with Crippen LogP contribution in [0.3, 0.4) is 0 Å². The SMILES string of the molecule is CC(C)(C)N1CCC(CC=O)C1. The second-order valence-electron chi connectivity index (χ2n) is 4.67. The van der Waals surface area contributed by atoms with Crippen LogP contribution in [0.25, 0.3) is 0 Å². The standard InChI is InChI=1S/C10H19NO/c1-10(2,3)11-6-4-9(8-11)5-7-12/h7,9H,4-6,8H2,1-3H3. The van der Waals surface area contributed by atoms with Crippen molar-refractivity contribution in [2.24, 2.45) is 5.92 Å². The molecule has 2 heteroatoms. The average Bonchev–Trinajstić information content (AvgIpc) is 2.35. The summed E-state index contributed by atoms with van der Waals surface area (Å²) in [5.41, 5.74) is 0.275. The number of hydrogen-bond donors (Lipinski definition) is 0. The Bertz CT molecular complexity index is 160. The molecule has 2 nitrogen and oxygen atoms in total. The van der Waals surface area contributed by atoms with Crippen LogP contribution in [0.4, 0.5) is 0 Å². The molecular formula is C10H19NO. The van der Waals surface area contributed by atoms with Crippen molar-refractivity contribution in [2.75, 3.05) is 13.1 Å². The molecule has 0 saturated carbocycles. The Morgan fingerprint density at radius 3 is 2.58 bits per heavy atom. The Hall–Kier alpha value is -0.370. The molecular weight excluding hydrogens is 150 g/mol. The van der Waals surface area contributed by atoms with Gasteiger partial charge in [0.2, 0.25) is 0 Å². The predicted molar refractivity (Wildman–Crippen MR) is 50.1 cm³/mol. The Labute approximate surface area is 74.9 Å². The molecule has 1 aliphatic heterocycles. The predicted octanol–water partition coefficient (Wildman–Crippen LogP) is 1.70. The third kappa shape index (κ3) is 2.31. The van der Waals surface area contributed by atoms with Crippen LogP contribution in [0.1, 0.15) is 33.6 Å². The number of hydrogen-bond acceptors (Lipinski definition) is 2. The minimum Gasteiger partial charge on any atom is -0.303 e. The number of nitrogens with zero attached hydrogens (tertiary/aromatic N) is 1. The maximum absolute atomic E-state index is 10.3. The van der Waals surface area contributed by atoms with Gasteiger partial charge in [-0.2, -0.15) is 0 Å². The summed E-state index contributed by atoms with van der Waals surface area (Å²) >= 11 is 0. The Balaban J connectivity index is 2.40. The van der Waals surface area contributed by atoms with Crippen molar-refractivity contribution in [1.29, 1.82) is 0 Å². The lowest BCUT2D eigenvalue weighted by atomic mass is 10.1. The number of carbonyl (C=O) groups excluding carboxylic acids is 1. The van der Waals surface area contributed by atoms with Gasteiger partial charge in [-0.3, -0.25) is 4.90 Å². The third-order valence-electron chi connectivity index (χ3n) is 2.66. The molecule has 12 heavy (non-hydrogen) atoms. The van der Waals surface area contributed by atoms with Crippen LogP contribution in [0.5, 0.6) is 0 Å². The highest BCUT2D eigenvalue weighted by molar-refractivity contribution is 5.49. The first kappa shape index (κ1) is 9.72. The molecule has 0 aromatic rings. The van der Waals surface area contributed by atoms with Crippen LogP contribution in [-0.2, 0) is 4.79 Å². The van der Waals surface area contributed by atoms with Crippen molar-refractivity contribution in [3.63, 3.8) is 0 Å². The molecule has 0 bridgehead atoms. The first-order valence-electron chi connectivity index (χ1n) is 4.72. The average molecular weight is 169 g/mol. The Kier molecular flexibility index (Phi) is 2.89. The summed E-state index contributed by atoms with van der Waals surface area (Å²) in [5, 5.41) is 0. The molecule has 1 unspecified atom stereocenters. The maximum Gasteiger partial charge on any atom is 0.120 e. The van der Waals surface area contributed by atoms with Crippen LogP contribution < -0.4 is 0 Å². The normalized spacial score (nSPS) is 26.1. The molecule has 0 aliphatic carbocycles.